The quantitative estimate of drug-likeness (QED) is 0.378. The summed E-state index contributed by atoms with van der Waals surface area (Å²) in [6.07, 6.45) is 0. The van der Waals surface area contributed by atoms with E-state index in [1.54, 1.807) is 0 Å². The van der Waals surface area contributed by atoms with Crippen LogP contribution in [0.5, 0.6) is 0 Å². The summed E-state index contributed by atoms with van der Waals surface area (Å²) in [4.78, 5) is 0. The van der Waals surface area contributed by atoms with Gasteiger partial charge in [0.1, 0.15) is 0 Å². The van der Waals surface area contributed by atoms with Gasteiger partial charge < -0.3 is 15.1 Å². The maximum absolute atomic E-state index is 7.17. The largest absolute Gasteiger partial charge is 0.631 e. The second kappa shape index (κ2) is 9.43. The summed E-state index contributed by atoms with van der Waals surface area (Å²) in [6, 6.07) is 0. The van der Waals surface area contributed by atoms with Crippen LogP contribution in [0, 0.1) is 0 Å². The maximum atomic E-state index is 7.17. The van der Waals surface area contributed by atoms with Crippen molar-refractivity contribution in [2.75, 3.05) is 0 Å². The van der Waals surface area contributed by atoms with Crippen molar-refractivity contribution < 1.29 is 51.6 Å². The van der Waals surface area contributed by atoms with Gasteiger partial charge in [-0.15, -0.1) is 0 Å². The summed E-state index contributed by atoms with van der Waals surface area (Å²) in [5, 5.41) is 21.5. The van der Waals surface area contributed by atoms with E-state index in [1.165, 1.54) is 0 Å². The van der Waals surface area contributed by atoms with Crippen LogP contribution in [-0.4, -0.2) is 22.4 Å². The average Bonchev–Trinajstić information content (AvgIpc) is 0.811. The predicted octanol–water partition coefficient (Wildman–Crippen LogP) is -2.06. The van der Waals surface area contributed by atoms with Gasteiger partial charge in [0.15, 0.2) is 0 Å². The van der Waals surface area contributed by atoms with Crippen molar-refractivity contribution in [3.05, 3.63) is 0 Å². The Hall–Kier alpha value is 1.09. The van der Waals surface area contributed by atoms with Gasteiger partial charge >= 0.3 is 7.32 Å². The van der Waals surface area contributed by atoms with E-state index in [-0.39, 0.29) is 36.5 Å². The molecule has 0 aliphatic heterocycles. The van der Waals surface area contributed by atoms with Crippen LogP contribution in [0.15, 0.2) is 0 Å². The molecule has 0 aliphatic rings. The molecule has 0 aliphatic carbocycles. The molecule has 0 aromatic heterocycles. The standard InChI is InChI=1S/BH3O3.Fe.Zn/c2-1(3)4;;/h2-4H;;. The van der Waals surface area contributed by atoms with E-state index in [2.05, 4.69) is 0 Å². The Morgan fingerprint density at radius 2 is 1.00 bits per heavy atom. The molecule has 6 heavy (non-hydrogen) atoms. The molecule has 0 fully saturated rings. The minimum Gasteiger partial charge on any atom is -0.402 e. The fraction of sp³-hybridized carbons (Fsp3) is 0. The van der Waals surface area contributed by atoms with E-state index < -0.39 is 7.32 Å². The molecular weight excluding hydrogens is 180 g/mol. The van der Waals surface area contributed by atoms with Gasteiger partial charge in [-0.2, -0.15) is 0 Å². The third-order valence-corrected chi connectivity index (χ3v) is 0. The zero-order chi connectivity index (χ0) is 3.58. The van der Waals surface area contributed by atoms with Crippen LogP contribution >= 0.6 is 0 Å². The molecule has 0 atom stereocenters. The normalized spacial score (nSPS) is 4.50. The Morgan fingerprint density at radius 1 is 1.00 bits per heavy atom. The van der Waals surface area contributed by atoms with Gasteiger partial charge in [0, 0.05) is 36.5 Å². The zero-order valence-electron chi connectivity index (χ0n) is 2.98. The third kappa shape index (κ3) is 71.8. The Kier molecular flexibility index (Phi) is 24.7. The first-order chi connectivity index (χ1) is 1.73. The first kappa shape index (κ1) is 15.7. The van der Waals surface area contributed by atoms with Crippen LogP contribution in [0.2, 0.25) is 0 Å². The van der Waals surface area contributed by atoms with Crippen LogP contribution in [0.1, 0.15) is 0 Å². The fourth-order valence-electron chi connectivity index (χ4n) is 0. The van der Waals surface area contributed by atoms with Gasteiger partial charge in [-0.1, -0.05) is 0 Å². The van der Waals surface area contributed by atoms with Crippen LogP contribution in [0.3, 0.4) is 0 Å². The monoisotopic (exact) mass is 182 g/mol. The van der Waals surface area contributed by atoms with E-state index in [0.29, 0.717) is 0 Å². The topological polar surface area (TPSA) is 60.7 Å². The van der Waals surface area contributed by atoms with Crippen molar-refractivity contribution in [3.8, 4) is 0 Å². The van der Waals surface area contributed by atoms with Gasteiger partial charge in [-0.25, -0.2) is 0 Å². The number of rotatable bonds is 0. The van der Waals surface area contributed by atoms with Gasteiger partial charge in [0.05, 0.1) is 0 Å². The molecule has 6 heteroatoms. The molecule has 0 radical (unpaired) electrons. The molecule has 0 aromatic rings. The van der Waals surface area contributed by atoms with Crippen molar-refractivity contribution in [2.24, 2.45) is 0 Å². The zero-order valence-corrected chi connectivity index (χ0v) is 7.05. The molecule has 0 unspecified atom stereocenters. The van der Waals surface area contributed by atoms with Crippen molar-refractivity contribution in [3.63, 3.8) is 0 Å². The summed E-state index contributed by atoms with van der Waals surface area (Å²) in [5.74, 6) is 0. The summed E-state index contributed by atoms with van der Waals surface area (Å²) in [7, 11) is -2.17. The Labute approximate surface area is 59.2 Å². The first-order valence-electron chi connectivity index (χ1n) is 0.775. The molecule has 0 amide bonds. The predicted molar refractivity (Wildman–Crippen MR) is 12.4 cm³/mol. The van der Waals surface area contributed by atoms with Crippen LogP contribution in [-0.2, 0) is 36.5 Å². The molecule has 0 bridgehead atoms. The second-order valence-corrected chi connectivity index (χ2v) is 0.346. The molecule has 0 spiro atoms. The molecular formula is H3BFeO3Zn. The van der Waals surface area contributed by atoms with Crippen molar-refractivity contribution in [1.29, 1.82) is 0 Å². The minimum absolute atomic E-state index is 0. The van der Waals surface area contributed by atoms with E-state index in [9.17, 15) is 0 Å². The summed E-state index contributed by atoms with van der Waals surface area (Å²) in [5.41, 5.74) is 0. The van der Waals surface area contributed by atoms with Crippen molar-refractivity contribution >= 4 is 7.32 Å². The molecule has 3 nitrogen and oxygen atoms in total. The second-order valence-electron chi connectivity index (χ2n) is 0.346. The van der Waals surface area contributed by atoms with Gasteiger partial charge in [0.25, 0.3) is 0 Å². The van der Waals surface area contributed by atoms with Crippen LogP contribution in [0.25, 0.3) is 0 Å². The van der Waals surface area contributed by atoms with Crippen LogP contribution in [0.4, 0.5) is 0 Å². The SMILES string of the molecule is OB(O)O.[Fe].[Zn]. The van der Waals surface area contributed by atoms with E-state index in [0.717, 1.165) is 0 Å². The molecule has 0 rings (SSSR count). The smallest absolute Gasteiger partial charge is 0.402 e. The average molecular weight is 183 g/mol. The first-order valence-corrected chi connectivity index (χ1v) is 0.775. The molecule has 0 heterocycles. The van der Waals surface area contributed by atoms with E-state index in [1.807, 2.05) is 0 Å². The Balaban J connectivity index is -0.0000000450. The third-order valence-electron chi connectivity index (χ3n) is 0. The maximum Gasteiger partial charge on any atom is 0.631 e. The van der Waals surface area contributed by atoms with Gasteiger partial charge in [-0.05, 0) is 0 Å². The summed E-state index contributed by atoms with van der Waals surface area (Å²) >= 11 is 0. The minimum atomic E-state index is -2.17. The van der Waals surface area contributed by atoms with E-state index in [4.69, 9.17) is 15.1 Å². The van der Waals surface area contributed by atoms with Crippen LogP contribution < -0.4 is 0 Å². The Bertz CT molecular complexity index is 15.5. The van der Waals surface area contributed by atoms with Crippen molar-refractivity contribution in [2.45, 2.75) is 0 Å². The Morgan fingerprint density at radius 3 is 1.00 bits per heavy atom. The number of hydrogen-bond acceptors (Lipinski definition) is 3. The molecule has 3 N–H and O–H groups in total. The van der Waals surface area contributed by atoms with Gasteiger partial charge in [-0.3, -0.25) is 0 Å². The molecule has 0 saturated carbocycles. The molecule has 0 aromatic carbocycles. The molecule has 34 valence electrons. The fourth-order valence-corrected chi connectivity index (χ4v) is 0. The van der Waals surface area contributed by atoms with Crippen molar-refractivity contribution in [1.82, 2.24) is 0 Å². The van der Waals surface area contributed by atoms with Gasteiger partial charge in [0.2, 0.25) is 0 Å². The molecule has 0 saturated heterocycles. The number of hydrogen-bond donors (Lipinski definition) is 3. The summed E-state index contributed by atoms with van der Waals surface area (Å²) < 4.78 is 0. The van der Waals surface area contributed by atoms with E-state index >= 15 is 0 Å². The summed E-state index contributed by atoms with van der Waals surface area (Å²) in [6.45, 7) is 0.